The molecule has 0 radical (unpaired) electrons. The summed E-state index contributed by atoms with van der Waals surface area (Å²) < 4.78 is 0. The van der Waals surface area contributed by atoms with Crippen molar-refractivity contribution in [1.82, 2.24) is 4.81 Å². The standard InChI is InChI=1S/C19H41BNP2/c1-8-16-12-13-17(9-2)22(16)20(21(5)6)23(7)18(10-3)14-15-19(23)11-4/h16-19H,8-15H2,1-7H3/q+1/t16-,17-,18-,19-/m1/s1. The molecule has 0 N–H and O–H groups in total. The summed E-state index contributed by atoms with van der Waals surface area (Å²) in [7, 11) is 4.12. The summed E-state index contributed by atoms with van der Waals surface area (Å²) in [4.78, 5) is 2.73. The largest absolute Gasteiger partial charge is 0.453 e. The Kier molecular flexibility index (Phi) is 7.48. The van der Waals surface area contributed by atoms with Crippen LogP contribution in [0, 0.1) is 0 Å². The molecule has 2 aliphatic rings. The first kappa shape index (κ1) is 20.2. The van der Waals surface area contributed by atoms with E-state index in [9.17, 15) is 0 Å². The fourth-order valence-electron chi connectivity index (χ4n) is 6.05. The lowest BCUT2D eigenvalue weighted by Crippen LogP contribution is -2.42. The summed E-state index contributed by atoms with van der Waals surface area (Å²) in [5.74, 6) is 0. The van der Waals surface area contributed by atoms with Gasteiger partial charge < -0.3 is 4.81 Å². The van der Waals surface area contributed by atoms with Crippen molar-refractivity contribution >= 4 is 21.2 Å². The van der Waals surface area contributed by atoms with Crippen LogP contribution in [0.5, 0.6) is 0 Å². The molecule has 134 valence electrons. The molecule has 2 heterocycles. The highest BCUT2D eigenvalue weighted by Crippen LogP contribution is 2.81. The average Bonchev–Trinajstić information content (AvgIpc) is 3.07. The zero-order valence-electron chi connectivity index (χ0n) is 16.9. The third-order valence-corrected chi connectivity index (χ3v) is 19.3. The maximum absolute atomic E-state index is 2.81. The summed E-state index contributed by atoms with van der Waals surface area (Å²) in [5.41, 5.74) is 4.21. The van der Waals surface area contributed by atoms with Crippen LogP contribution in [0.25, 0.3) is 0 Å². The minimum absolute atomic E-state index is 0.176. The Balaban J connectivity index is 2.43. The van der Waals surface area contributed by atoms with Crippen molar-refractivity contribution in [1.29, 1.82) is 0 Å². The van der Waals surface area contributed by atoms with E-state index in [1.54, 1.807) is 0 Å². The maximum Gasteiger partial charge on any atom is 0.453 e. The molecule has 23 heavy (non-hydrogen) atoms. The molecule has 2 rings (SSSR count). The molecule has 0 bridgehead atoms. The molecule has 2 saturated heterocycles. The van der Waals surface area contributed by atoms with Gasteiger partial charge in [-0.25, -0.2) is 0 Å². The van der Waals surface area contributed by atoms with E-state index in [0.717, 1.165) is 28.9 Å². The first-order valence-corrected chi connectivity index (χ1v) is 14.2. The number of rotatable bonds is 7. The molecule has 4 heteroatoms. The molecule has 0 spiro atoms. The Morgan fingerprint density at radius 2 is 1.26 bits per heavy atom. The first-order chi connectivity index (χ1) is 10.9. The molecular weight excluding hydrogens is 315 g/mol. The topological polar surface area (TPSA) is 3.24 Å². The van der Waals surface area contributed by atoms with Crippen molar-refractivity contribution in [2.45, 2.75) is 102 Å². The molecule has 0 aliphatic carbocycles. The zero-order chi connectivity index (χ0) is 17.2. The van der Waals surface area contributed by atoms with Crippen LogP contribution in [-0.4, -0.2) is 54.5 Å². The van der Waals surface area contributed by atoms with Crippen molar-refractivity contribution in [3.63, 3.8) is 0 Å². The van der Waals surface area contributed by atoms with E-state index < -0.39 is 7.14 Å². The molecule has 1 nitrogen and oxygen atoms in total. The smallest absolute Gasteiger partial charge is 0.307 e. The van der Waals surface area contributed by atoms with Crippen LogP contribution in [0.2, 0.25) is 0 Å². The van der Waals surface area contributed by atoms with Gasteiger partial charge in [-0.3, -0.25) is 0 Å². The fraction of sp³-hybridized carbons (Fsp3) is 1.00. The quantitative estimate of drug-likeness (QED) is 0.379. The van der Waals surface area contributed by atoms with Gasteiger partial charge in [-0.2, -0.15) is 0 Å². The fourth-order valence-corrected chi connectivity index (χ4v) is 19.6. The Morgan fingerprint density at radius 1 is 0.826 bits per heavy atom. The van der Waals surface area contributed by atoms with Crippen LogP contribution in [0.3, 0.4) is 0 Å². The Morgan fingerprint density at radius 3 is 1.57 bits per heavy atom. The molecular formula is C19H41BNP2+. The number of nitrogens with zero attached hydrogens (tertiary/aromatic N) is 1. The van der Waals surface area contributed by atoms with Crippen LogP contribution in [0.15, 0.2) is 0 Å². The predicted octanol–water partition coefficient (Wildman–Crippen LogP) is 6.36. The molecule has 0 aromatic rings. The SMILES string of the molecule is CC[C@@H]1CC[C@@H](CC)P1B(N(C)C)[P+]1(C)[C@H](CC)CC[C@H]1CC. The predicted molar refractivity (Wildman–Crippen MR) is 114 cm³/mol. The third-order valence-electron chi connectivity index (χ3n) is 7.19. The van der Waals surface area contributed by atoms with Crippen molar-refractivity contribution in [3.8, 4) is 0 Å². The monoisotopic (exact) mass is 356 g/mol. The Bertz CT molecular complexity index is 352. The summed E-state index contributed by atoms with van der Waals surface area (Å²) in [6.45, 7) is 12.7. The molecule has 0 saturated carbocycles. The minimum Gasteiger partial charge on any atom is -0.307 e. The van der Waals surface area contributed by atoms with Gasteiger partial charge >= 0.3 is 6.29 Å². The lowest BCUT2D eigenvalue weighted by molar-refractivity contribution is 0.664. The highest BCUT2D eigenvalue weighted by atomic mass is 31.2. The second-order valence-electron chi connectivity index (χ2n) is 8.38. The van der Waals surface area contributed by atoms with E-state index in [4.69, 9.17) is 0 Å². The number of hydrogen-bond acceptors (Lipinski definition) is 1. The third kappa shape index (κ3) is 3.57. The molecule has 0 aromatic carbocycles. The molecule has 0 unspecified atom stereocenters. The second kappa shape index (κ2) is 8.51. The van der Waals surface area contributed by atoms with E-state index in [2.05, 4.69) is 53.3 Å². The molecule has 4 atom stereocenters. The highest BCUT2D eigenvalue weighted by Gasteiger charge is 2.65. The van der Waals surface area contributed by atoms with E-state index >= 15 is 0 Å². The van der Waals surface area contributed by atoms with Crippen LogP contribution in [0.1, 0.15) is 79.1 Å². The lowest BCUT2D eigenvalue weighted by atomic mass is 10.1. The van der Waals surface area contributed by atoms with Gasteiger partial charge in [0.15, 0.2) is 0 Å². The lowest BCUT2D eigenvalue weighted by Gasteiger charge is -2.43. The van der Waals surface area contributed by atoms with E-state index in [0.29, 0.717) is 0 Å². The molecule has 2 aliphatic heterocycles. The van der Waals surface area contributed by atoms with Crippen LogP contribution < -0.4 is 0 Å². The summed E-state index contributed by atoms with van der Waals surface area (Å²) in [5, 5.41) is 0. The highest BCUT2D eigenvalue weighted by molar-refractivity contribution is 8.27. The van der Waals surface area contributed by atoms with E-state index in [1.165, 1.54) is 51.4 Å². The van der Waals surface area contributed by atoms with Gasteiger partial charge in [-0.15, -0.1) is 0 Å². The zero-order valence-corrected chi connectivity index (χ0v) is 18.7. The molecule has 2 fully saturated rings. The van der Waals surface area contributed by atoms with Crippen LogP contribution in [-0.2, 0) is 0 Å². The van der Waals surface area contributed by atoms with Crippen LogP contribution >= 0.6 is 14.9 Å². The van der Waals surface area contributed by atoms with Gasteiger partial charge in [0.1, 0.15) is 0 Å². The number of hydrogen-bond donors (Lipinski definition) is 0. The normalized spacial score (nSPS) is 34.4. The van der Waals surface area contributed by atoms with Gasteiger partial charge in [0, 0.05) is 6.66 Å². The molecule has 0 aromatic heterocycles. The molecule has 0 amide bonds. The minimum atomic E-state index is -0.902. The maximum atomic E-state index is 2.81. The second-order valence-corrected chi connectivity index (χ2v) is 16.0. The summed E-state index contributed by atoms with van der Waals surface area (Å²) >= 11 is 0. The van der Waals surface area contributed by atoms with Gasteiger partial charge in [0.2, 0.25) is 0 Å². The Hall–Kier alpha value is 0.885. The van der Waals surface area contributed by atoms with Crippen molar-refractivity contribution < 1.29 is 0 Å². The first-order valence-electron chi connectivity index (χ1n) is 10.2. The van der Waals surface area contributed by atoms with Gasteiger partial charge in [-0.05, 0) is 83.9 Å². The van der Waals surface area contributed by atoms with E-state index in [1.807, 2.05) is 0 Å². The average molecular weight is 356 g/mol. The summed E-state index contributed by atoms with van der Waals surface area (Å²) in [6, 6.07) is 0. The summed E-state index contributed by atoms with van der Waals surface area (Å²) in [6.07, 6.45) is 12.8. The van der Waals surface area contributed by atoms with E-state index in [-0.39, 0.29) is 7.80 Å². The van der Waals surface area contributed by atoms with Crippen LogP contribution in [0.4, 0.5) is 0 Å². The van der Waals surface area contributed by atoms with Crippen molar-refractivity contribution in [2.75, 3.05) is 20.8 Å². The van der Waals surface area contributed by atoms with Crippen molar-refractivity contribution in [3.05, 3.63) is 0 Å². The van der Waals surface area contributed by atoms with Gasteiger partial charge in [0.25, 0.3) is 0 Å². The van der Waals surface area contributed by atoms with Gasteiger partial charge in [0.05, 0.1) is 11.3 Å². The van der Waals surface area contributed by atoms with Crippen molar-refractivity contribution in [2.24, 2.45) is 0 Å². The van der Waals surface area contributed by atoms with Gasteiger partial charge in [-0.1, -0.05) is 35.5 Å². The Labute approximate surface area is 148 Å².